The van der Waals surface area contributed by atoms with Gasteiger partial charge in [-0.2, -0.15) is 0 Å². The minimum atomic E-state index is 0.0144. The highest BCUT2D eigenvalue weighted by Crippen LogP contribution is 2.43. The summed E-state index contributed by atoms with van der Waals surface area (Å²) in [7, 11) is 0. The van der Waals surface area contributed by atoms with E-state index in [1.807, 2.05) is 18.3 Å². The molecule has 0 radical (unpaired) electrons. The zero-order chi connectivity index (χ0) is 17.4. The van der Waals surface area contributed by atoms with Crippen LogP contribution in [0.15, 0.2) is 64.6 Å². The first-order valence-corrected chi connectivity index (χ1v) is 10.0. The molecule has 3 heterocycles. The molecule has 0 saturated carbocycles. The molecule has 3 aromatic rings. The molecule has 0 amide bonds. The molecule has 2 aromatic heterocycles. The zero-order valence-electron chi connectivity index (χ0n) is 13.5. The Hall–Kier alpha value is -1.76. The SMILES string of the molecule is Cc1ccc(N2C(=S)N[C@H](c3ccccn3)[C@@H]2c2cc(Br)cs2)cc1. The molecule has 6 heteroatoms. The van der Waals surface area contributed by atoms with Crippen LogP contribution in [0.3, 0.4) is 0 Å². The lowest BCUT2D eigenvalue weighted by molar-refractivity contribution is 0.575. The minimum Gasteiger partial charge on any atom is -0.351 e. The summed E-state index contributed by atoms with van der Waals surface area (Å²) in [5.74, 6) is 0. The second kappa shape index (κ2) is 6.86. The number of halogens is 1. The molecular weight excluding hydrogens is 414 g/mol. The van der Waals surface area contributed by atoms with E-state index < -0.39 is 0 Å². The zero-order valence-corrected chi connectivity index (χ0v) is 16.7. The number of nitrogens with one attached hydrogen (secondary N) is 1. The van der Waals surface area contributed by atoms with Gasteiger partial charge in [-0.1, -0.05) is 23.8 Å². The Bertz CT molecular complexity index is 893. The van der Waals surface area contributed by atoms with Crippen molar-refractivity contribution in [3.8, 4) is 0 Å². The molecule has 25 heavy (non-hydrogen) atoms. The molecule has 1 aliphatic rings. The molecule has 4 rings (SSSR count). The van der Waals surface area contributed by atoms with Gasteiger partial charge in [-0.05, 0) is 65.4 Å². The van der Waals surface area contributed by atoms with Gasteiger partial charge in [0, 0.05) is 26.6 Å². The van der Waals surface area contributed by atoms with Crippen LogP contribution in [0.4, 0.5) is 5.69 Å². The number of hydrogen-bond acceptors (Lipinski definition) is 3. The number of rotatable bonds is 3. The number of aryl methyl sites for hydroxylation is 1. The van der Waals surface area contributed by atoms with E-state index in [-0.39, 0.29) is 12.1 Å². The van der Waals surface area contributed by atoms with Crippen molar-refractivity contribution in [1.82, 2.24) is 10.3 Å². The second-order valence-corrected chi connectivity index (χ2v) is 8.24. The van der Waals surface area contributed by atoms with Crippen LogP contribution in [0.5, 0.6) is 0 Å². The molecule has 0 unspecified atom stereocenters. The number of thiophene rings is 1. The largest absolute Gasteiger partial charge is 0.351 e. The Morgan fingerprint density at radius 3 is 2.64 bits per heavy atom. The van der Waals surface area contributed by atoms with Crippen LogP contribution in [0, 0.1) is 6.92 Å². The Morgan fingerprint density at radius 1 is 1.20 bits per heavy atom. The van der Waals surface area contributed by atoms with Gasteiger partial charge in [0.2, 0.25) is 0 Å². The van der Waals surface area contributed by atoms with Crippen LogP contribution in [-0.2, 0) is 0 Å². The van der Waals surface area contributed by atoms with E-state index in [1.54, 1.807) is 11.3 Å². The maximum atomic E-state index is 5.70. The van der Waals surface area contributed by atoms with Crippen molar-refractivity contribution in [1.29, 1.82) is 0 Å². The van der Waals surface area contributed by atoms with Crippen molar-refractivity contribution in [2.24, 2.45) is 0 Å². The molecule has 1 fully saturated rings. The van der Waals surface area contributed by atoms with Crippen molar-refractivity contribution in [2.45, 2.75) is 19.0 Å². The quantitative estimate of drug-likeness (QED) is 0.564. The molecule has 126 valence electrons. The smallest absolute Gasteiger partial charge is 0.174 e. The standard InChI is InChI=1S/C19H16BrN3S2/c1-12-5-7-14(8-6-12)23-18(16-10-13(20)11-25-16)17(22-19(23)24)15-4-2-3-9-21-15/h2-11,17-18H,1H3,(H,22,24)/t17-,18+/m1/s1. The predicted molar refractivity (Wildman–Crippen MR) is 111 cm³/mol. The Morgan fingerprint density at radius 2 is 2.00 bits per heavy atom. The summed E-state index contributed by atoms with van der Waals surface area (Å²) in [6.07, 6.45) is 1.83. The van der Waals surface area contributed by atoms with Gasteiger partial charge in [-0.3, -0.25) is 4.98 Å². The number of anilines is 1. The molecule has 1 aliphatic heterocycles. The lowest BCUT2D eigenvalue weighted by atomic mass is 10.0. The summed E-state index contributed by atoms with van der Waals surface area (Å²) in [6, 6.07) is 16.7. The maximum absolute atomic E-state index is 5.70. The fraction of sp³-hybridized carbons (Fsp3) is 0.158. The highest BCUT2D eigenvalue weighted by Gasteiger charge is 2.41. The third kappa shape index (κ3) is 3.21. The van der Waals surface area contributed by atoms with Gasteiger partial charge in [0.05, 0.1) is 17.8 Å². The monoisotopic (exact) mass is 429 g/mol. The molecule has 1 saturated heterocycles. The van der Waals surface area contributed by atoms with Gasteiger partial charge < -0.3 is 10.2 Å². The molecule has 0 spiro atoms. The van der Waals surface area contributed by atoms with E-state index in [0.717, 1.165) is 21.0 Å². The third-order valence-electron chi connectivity index (χ3n) is 4.29. The van der Waals surface area contributed by atoms with Gasteiger partial charge in [0.1, 0.15) is 0 Å². The van der Waals surface area contributed by atoms with Gasteiger partial charge >= 0.3 is 0 Å². The topological polar surface area (TPSA) is 28.2 Å². The van der Waals surface area contributed by atoms with E-state index in [0.29, 0.717) is 0 Å². The van der Waals surface area contributed by atoms with Gasteiger partial charge in [-0.15, -0.1) is 11.3 Å². The fourth-order valence-corrected chi connectivity index (χ4v) is 5.03. The van der Waals surface area contributed by atoms with Crippen LogP contribution in [0.2, 0.25) is 0 Å². The molecule has 0 bridgehead atoms. The van der Waals surface area contributed by atoms with Gasteiger partial charge in [0.25, 0.3) is 0 Å². The second-order valence-electron chi connectivity index (χ2n) is 6.00. The molecule has 0 aliphatic carbocycles. The number of nitrogens with zero attached hydrogens (tertiary/aromatic N) is 2. The molecule has 2 atom stereocenters. The van der Waals surface area contributed by atoms with Crippen LogP contribution < -0.4 is 10.2 Å². The van der Waals surface area contributed by atoms with Crippen molar-refractivity contribution in [3.63, 3.8) is 0 Å². The lowest BCUT2D eigenvalue weighted by Gasteiger charge is -2.27. The Kier molecular flexibility index (Phi) is 4.58. The summed E-state index contributed by atoms with van der Waals surface area (Å²) in [4.78, 5) is 8.01. The van der Waals surface area contributed by atoms with Gasteiger partial charge in [-0.25, -0.2) is 0 Å². The van der Waals surface area contributed by atoms with Crippen LogP contribution in [0.1, 0.15) is 28.2 Å². The summed E-state index contributed by atoms with van der Waals surface area (Å²) in [6.45, 7) is 2.09. The number of hydrogen-bond donors (Lipinski definition) is 1. The van der Waals surface area contributed by atoms with Crippen molar-refractivity contribution in [2.75, 3.05) is 4.90 Å². The highest BCUT2D eigenvalue weighted by molar-refractivity contribution is 9.10. The molecule has 1 aromatic carbocycles. The predicted octanol–water partition coefficient (Wildman–Crippen LogP) is 5.39. The normalized spacial score (nSPS) is 19.9. The van der Waals surface area contributed by atoms with Crippen LogP contribution >= 0.6 is 39.5 Å². The van der Waals surface area contributed by atoms with Crippen molar-refractivity contribution < 1.29 is 0 Å². The van der Waals surface area contributed by atoms with E-state index in [9.17, 15) is 0 Å². The highest BCUT2D eigenvalue weighted by atomic mass is 79.9. The summed E-state index contributed by atoms with van der Waals surface area (Å²) in [5, 5.41) is 6.32. The minimum absolute atomic E-state index is 0.0144. The number of thiocarbonyl (C=S) groups is 1. The fourth-order valence-electron chi connectivity index (χ4n) is 3.11. The van der Waals surface area contributed by atoms with Crippen molar-refractivity contribution in [3.05, 3.63) is 80.7 Å². The Labute approximate surface area is 164 Å². The summed E-state index contributed by atoms with van der Waals surface area (Å²) >= 11 is 11.0. The van der Waals surface area contributed by atoms with E-state index >= 15 is 0 Å². The first kappa shape index (κ1) is 16.7. The average molecular weight is 430 g/mol. The van der Waals surface area contributed by atoms with E-state index in [4.69, 9.17) is 12.2 Å². The van der Waals surface area contributed by atoms with Crippen molar-refractivity contribution >= 4 is 50.3 Å². The Balaban J connectivity index is 1.81. The molecular formula is C19H16BrN3S2. The van der Waals surface area contributed by atoms with Crippen LogP contribution in [0.25, 0.3) is 0 Å². The van der Waals surface area contributed by atoms with E-state index in [2.05, 4.69) is 79.8 Å². The first-order valence-electron chi connectivity index (χ1n) is 7.95. The maximum Gasteiger partial charge on any atom is 0.174 e. The molecule has 1 N–H and O–H groups in total. The molecule has 3 nitrogen and oxygen atoms in total. The summed E-state index contributed by atoms with van der Waals surface area (Å²) < 4.78 is 1.09. The van der Waals surface area contributed by atoms with Gasteiger partial charge in [0.15, 0.2) is 5.11 Å². The van der Waals surface area contributed by atoms with Crippen LogP contribution in [-0.4, -0.2) is 10.1 Å². The van der Waals surface area contributed by atoms with E-state index in [1.165, 1.54) is 10.4 Å². The average Bonchev–Trinajstić information content (AvgIpc) is 3.20. The number of aromatic nitrogens is 1. The lowest BCUT2D eigenvalue weighted by Crippen LogP contribution is -2.29. The third-order valence-corrected chi connectivity index (χ3v) is 6.37. The number of benzene rings is 1. The first-order chi connectivity index (χ1) is 12.1. The number of pyridine rings is 1. The summed E-state index contributed by atoms with van der Waals surface area (Å²) in [5.41, 5.74) is 3.32.